The van der Waals surface area contributed by atoms with Crippen LogP contribution in [-0.2, 0) is 6.54 Å². The van der Waals surface area contributed by atoms with Crippen molar-refractivity contribution in [2.75, 3.05) is 0 Å². The Balaban J connectivity index is 1.92. The number of hydrogen-bond donors (Lipinski definition) is 2. The third-order valence-electron chi connectivity index (χ3n) is 3.63. The molecule has 7 heteroatoms. The number of benzene rings is 2. The molecule has 2 aromatic carbocycles. The molecule has 0 aliphatic heterocycles. The average molecular weight is 336 g/mol. The first-order chi connectivity index (χ1) is 12.1. The summed E-state index contributed by atoms with van der Waals surface area (Å²) in [6.45, 7) is 2.14. The van der Waals surface area contributed by atoms with Crippen LogP contribution in [-0.4, -0.2) is 27.0 Å². The first-order valence-corrected chi connectivity index (χ1v) is 7.72. The molecule has 25 heavy (non-hydrogen) atoms. The molecule has 0 fully saturated rings. The zero-order valence-corrected chi connectivity index (χ0v) is 13.5. The van der Waals surface area contributed by atoms with Crippen LogP contribution in [0.3, 0.4) is 0 Å². The molecule has 0 bridgehead atoms. The molecule has 3 rings (SSSR count). The van der Waals surface area contributed by atoms with E-state index in [0.29, 0.717) is 22.9 Å². The Labute approximate surface area is 143 Å². The average Bonchev–Trinajstić information content (AvgIpc) is 2.62. The molecular weight excluding hydrogens is 320 g/mol. The normalized spacial score (nSPS) is 11.1. The molecule has 2 N–H and O–H groups in total. The minimum Gasteiger partial charge on any atom is -0.508 e. The summed E-state index contributed by atoms with van der Waals surface area (Å²) in [5, 5.41) is 18.3. The van der Waals surface area contributed by atoms with Crippen LogP contribution in [0.1, 0.15) is 23.0 Å². The van der Waals surface area contributed by atoms with Crippen molar-refractivity contribution in [3.63, 3.8) is 0 Å². The number of aryl methyl sites for hydroxylation is 1. The highest BCUT2D eigenvalue weighted by Gasteiger charge is 2.15. The third kappa shape index (κ3) is 3.40. The van der Waals surface area contributed by atoms with Crippen LogP contribution in [0.4, 0.5) is 0 Å². The Morgan fingerprint density at radius 3 is 2.72 bits per heavy atom. The topological polar surface area (TPSA) is 96.6 Å². The van der Waals surface area contributed by atoms with Gasteiger partial charge in [0.25, 0.3) is 11.5 Å². The third-order valence-corrected chi connectivity index (χ3v) is 3.63. The number of carbonyl (C=O) groups excluding carboxylic acids is 1. The number of hydrogen-bond acceptors (Lipinski definition) is 5. The number of phenolic OH excluding ortho intramolecular Hbond substituents is 1. The van der Waals surface area contributed by atoms with E-state index in [1.165, 1.54) is 17.0 Å². The van der Waals surface area contributed by atoms with Crippen LogP contribution >= 0.6 is 0 Å². The van der Waals surface area contributed by atoms with Gasteiger partial charge in [-0.25, -0.2) is 10.1 Å². The van der Waals surface area contributed by atoms with E-state index >= 15 is 0 Å². The van der Waals surface area contributed by atoms with E-state index in [4.69, 9.17) is 0 Å². The summed E-state index contributed by atoms with van der Waals surface area (Å²) >= 11 is 0. The molecule has 0 saturated heterocycles. The van der Waals surface area contributed by atoms with E-state index in [1.54, 1.807) is 49.4 Å². The van der Waals surface area contributed by atoms with Crippen molar-refractivity contribution in [1.29, 1.82) is 0 Å². The van der Waals surface area contributed by atoms with Crippen LogP contribution in [0.2, 0.25) is 0 Å². The highest BCUT2D eigenvalue weighted by Crippen LogP contribution is 2.13. The fraction of sp³-hybridized carbons (Fsp3) is 0.111. The Hall–Kier alpha value is -3.48. The zero-order valence-electron chi connectivity index (χ0n) is 13.5. The van der Waals surface area contributed by atoms with E-state index in [-0.39, 0.29) is 17.0 Å². The van der Waals surface area contributed by atoms with Gasteiger partial charge < -0.3 is 5.11 Å². The molecule has 0 atom stereocenters. The van der Waals surface area contributed by atoms with Crippen molar-refractivity contribution in [2.45, 2.75) is 13.5 Å². The van der Waals surface area contributed by atoms with Gasteiger partial charge in [-0.15, -0.1) is 0 Å². The number of phenols is 1. The summed E-state index contributed by atoms with van der Waals surface area (Å²) in [6, 6.07) is 13.3. The lowest BCUT2D eigenvalue weighted by atomic mass is 10.1. The van der Waals surface area contributed by atoms with E-state index < -0.39 is 5.91 Å². The maximum atomic E-state index is 12.4. The maximum absolute atomic E-state index is 12.4. The summed E-state index contributed by atoms with van der Waals surface area (Å²) in [7, 11) is 0. The van der Waals surface area contributed by atoms with Crippen LogP contribution in [0, 0.1) is 0 Å². The van der Waals surface area contributed by atoms with Gasteiger partial charge >= 0.3 is 0 Å². The summed E-state index contributed by atoms with van der Waals surface area (Å²) in [5.41, 5.74) is 2.93. The smallest absolute Gasteiger partial charge is 0.292 e. The molecule has 0 radical (unpaired) electrons. The summed E-state index contributed by atoms with van der Waals surface area (Å²) in [6.07, 6.45) is 1.41. The van der Waals surface area contributed by atoms with Gasteiger partial charge in [-0.2, -0.15) is 10.2 Å². The zero-order chi connectivity index (χ0) is 17.8. The lowest BCUT2D eigenvalue weighted by Crippen LogP contribution is -2.28. The van der Waals surface area contributed by atoms with Gasteiger partial charge in [0.05, 0.1) is 11.6 Å². The lowest BCUT2D eigenvalue weighted by Gasteiger charge is -2.08. The first kappa shape index (κ1) is 16.4. The molecule has 0 unspecified atom stereocenters. The van der Waals surface area contributed by atoms with E-state index in [1.807, 2.05) is 0 Å². The van der Waals surface area contributed by atoms with Crippen molar-refractivity contribution in [3.05, 3.63) is 70.1 Å². The Morgan fingerprint density at radius 2 is 2.00 bits per heavy atom. The van der Waals surface area contributed by atoms with Gasteiger partial charge in [-0.05, 0) is 30.7 Å². The second kappa shape index (κ2) is 6.96. The van der Waals surface area contributed by atoms with Crippen LogP contribution in [0.5, 0.6) is 5.75 Å². The molecule has 0 aliphatic rings. The monoisotopic (exact) mass is 336 g/mol. The lowest BCUT2D eigenvalue weighted by molar-refractivity contribution is 0.0949. The van der Waals surface area contributed by atoms with Gasteiger partial charge in [0.15, 0.2) is 5.69 Å². The fourth-order valence-electron chi connectivity index (χ4n) is 2.44. The van der Waals surface area contributed by atoms with Gasteiger partial charge in [0, 0.05) is 11.9 Å². The molecular formula is C18H16N4O3. The number of rotatable bonds is 4. The number of nitrogens with zero attached hydrogens (tertiary/aromatic N) is 3. The van der Waals surface area contributed by atoms with Crippen molar-refractivity contribution in [1.82, 2.24) is 15.2 Å². The van der Waals surface area contributed by atoms with Crippen molar-refractivity contribution in [3.8, 4) is 5.75 Å². The van der Waals surface area contributed by atoms with E-state index in [2.05, 4.69) is 15.6 Å². The van der Waals surface area contributed by atoms with Crippen molar-refractivity contribution < 1.29 is 9.90 Å². The standard InChI is InChI=1S/C18H16N4O3/c1-2-22-18(25)15-9-4-3-8-14(15)16(21-22)17(24)20-19-11-12-6-5-7-13(23)10-12/h3-11,23H,2H2,1H3,(H,20,24)/b19-11-. The highest BCUT2D eigenvalue weighted by atomic mass is 16.3. The second-order valence-corrected chi connectivity index (χ2v) is 5.31. The molecule has 1 heterocycles. The fourth-order valence-corrected chi connectivity index (χ4v) is 2.44. The number of aromatic hydroxyl groups is 1. The maximum Gasteiger partial charge on any atom is 0.292 e. The molecule has 3 aromatic rings. The molecule has 1 amide bonds. The largest absolute Gasteiger partial charge is 0.508 e. The highest BCUT2D eigenvalue weighted by molar-refractivity contribution is 6.04. The number of fused-ring (bicyclic) bond motifs is 1. The SMILES string of the molecule is CCn1nc(C(=O)N/N=C\c2cccc(O)c2)c2ccccc2c1=O. The quantitative estimate of drug-likeness (QED) is 0.561. The minimum absolute atomic E-state index is 0.109. The number of aromatic nitrogens is 2. The predicted octanol–water partition coefficient (Wildman–Crippen LogP) is 1.89. The first-order valence-electron chi connectivity index (χ1n) is 7.72. The minimum atomic E-state index is -0.519. The van der Waals surface area contributed by atoms with Crippen molar-refractivity contribution in [2.24, 2.45) is 5.10 Å². The predicted molar refractivity (Wildman–Crippen MR) is 94.8 cm³/mol. The van der Waals surface area contributed by atoms with Gasteiger partial charge in [0.1, 0.15) is 5.75 Å². The van der Waals surface area contributed by atoms with E-state index in [9.17, 15) is 14.7 Å². The van der Waals surface area contributed by atoms with Crippen LogP contribution in [0.15, 0.2) is 58.4 Å². The summed E-state index contributed by atoms with van der Waals surface area (Å²) < 4.78 is 1.25. The second-order valence-electron chi connectivity index (χ2n) is 5.31. The summed E-state index contributed by atoms with van der Waals surface area (Å²) in [4.78, 5) is 24.7. The number of nitrogens with one attached hydrogen (secondary N) is 1. The number of hydrazone groups is 1. The van der Waals surface area contributed by atoms with Gasteiger partial charge in [-0.1, -0.05) is 30.3 Å². The molecule has 126 valence electrons. The van der Waals surface area contributed by atoms with Crippen molar-refractivity contribution >= 4 is 22.9 Å². The molecule has 1 aromatic heterocycles. The molecule has 0 aliphatic carbocycles. The number of carbonyl (C=O) groups is 1. The van der Waals surface area contributed by atoms with Gasteiger partial charge in [0.2, 0.25) is 0 Å². The summed E-state index contributed by atoms with van der Waals surface area (Å²) in [5.74, 6) is -0.409. The van der Waals surface area contributed by atoms with Crippen LogP contribution in [0.25, 0.3) is 10.8 Å². The van der Waals surface area contributed by atoms with Crippen LogP contribution < -0.4 is 11.0 Å². The molecule has 0 saturated carbocycles. The molecule has 7 nitrogen and oxygen atoms in total. The Morgan fingerprint density at radius 1 is 1.24 bits per heavy atom. The van der Waals surface area contributed by atoms with E-state index in [0.717, 1.165) is 0 Å². The number of amides is 1. The molecule has 0 spiro atoms. The Bertz CT molecular complexity index is 1020. The van der Waals surface area contributed by atoms with Gasteiger partial charge in [-0.3, -0.25) is 9.59 Å². The Kier molecular flexibility index (Phi) is 4.56.